The first-order valence-electron chi connectivity index (χ1n) is 6.93. The van der Waals surface area contributed by atoms with Gasteiger partial charge in [-0.1, -0.05) is 84.0 Å². The van der Waals surface area contributed by atoms with Crippen LogP contribution in [0, 0.1) is 5.92 Å². The smallest absolute Gasteiger partial charge is 0.0414 e. The van der Waals surface area contributed by atoms with Crippen LogP contribution in [0.15, 0.2) is 0 Å². The Morgan fingerprint density at radius 2 is 1.36 bits per heavy atom. The SMILES string of the molecule is CCCCCC1CCCCCCCC1. The number of rotatable bonds is 4. The molecule has 0 atom stereocenters. The molecule has 0 radical (unpaired) electrons. The fourth-order valence-electron chi connectivity index (χ4n) is 2.69. The second kappa shape index (κ2) is 8.32. The molecule has 0 unspecified atom stereocenters. The molecule has 0 heteroatoms. The molecule has 0 aromatic heterocycles. The predicted molar refractivity (Wildman–Crippen MR) is 64.6 cm³/mol. The van der Waals surface area contributed by atoms with Crippen LogP contribution < -0.4 is 0 Å². The lowest BCUT2D eigenvalue weighted by atomic mass is 9.91. The van der Waals surface area contributed by atoms with Crippen LogP contribution in [0.4, 0.5) is 0 Å². The average molecular weight is 196 g/mol. The maximum absolute atomic E-state index is 2.31. The monoisotopic (exact) mass is 196 g/mol. The number of hydrogen-bond acceptors (Lipinski definition) is 0. The summed E-state index contributed by atoms with van der Waals surface area (Å²) in [4.78, 5) is 0. The lowest BCUT2D eigenvalue weighted by molar-refractivity contribution is 0.385. The lowest BCUT2D eigenvalue weighted by Gasteiger charge is -2.15. The maximum atomic E-state index is 2.31. The molecule has 0 aliphatic heterocycles. The van der Waals surface area contributed by atoms with Crippen LogP contribution in [0.25, 0.3) is 0 Å². The minimum atomic E-state index is 1.08. The third kappa shape index (κ3) is 5.67. The molecule has 0 saturated heterocycles. The van der Waals surface area contributed by atoms with E-state index in [2.05, 4.69) is 6.92 Å². The van der Waals surface area contributed by atoms with E-state index in [1.54, 1.807) is 0 Å². The second-order valence-corrected chi connectivity index (χ2v) is 5.06. The summed E-state index contributed by atoms with van der Waals surface area (Å²) in [5, 5.41) is 0. The molecule has 14 heavy (non-hydrogen) atoms. The van der Waals surface area contributed by atoms with Gasteiger partial charge in [0.05, 0.1) is 0 Å². The van der Waals surface area contributed by atoms with E-state index in [0.717, 1.165) is 5.92 Å². The first-order chi connectivity index (χ1) is 6.93. The van der Waals surface area contributed by atoms with Crippen molar-refractivity contribution in [1.82, 2.24) is 0 Å². The van der Waals surface area contributed by atoms with E-state index in [9.17, 15) is 0 Å². The quantitative estimate of drug-likeness (QED) is 0.534. The molecule has 1 aliphatic rings. The van der Waals surface area contributed by atoms with Gasteiger partial charge in [-0.05, 0) is 5.92 Å². The van der Waals surface area contributed by atoms with Crippen LogP contribution in [-0.2, 0) is 0 Å². The van der Waals surface area contributed by atoms with E-state index < -0.39 is 0 Å². The van der Waals surface area contributed by atoms with Crippen molar-refractivity contribution in [2.24, 2.45) is 5.92 Å². The van der Waals surface area contributed by atoms with Gasteiger partial charge in [-0.2, -0.15) is 0 Å². The van der Waals surface area contributed by atoms with Crippen LogP contribution in [0.1, 0.15) is 84.0 Å². The molecule has 1 aliphatic carbocycles. The zero-order valence-electron chi connectivity index (χ0n) is 10.1. The summed E-state index contributed by atoms with van der Waals surface area (Å²) in [5.74, 6) is 1.08. The van der Waals surface area contributed by atoms with Gasteiger partial charge in [0, 0.05) is 0 Å². The molecule has 0 aromatic carbocycles. The molecule has 0 amide bonds. The molecule has 0 spiro atoms. The van der Waals surface area contributed by atoms with Gasteiger partial charge in [0.1, 0.15) is 0 Å². The second-order valence-electron chi connectivity index (χ2n) is 5.06. The Labute approximate surface area is 90.5 Å². The first kappa shape index (κ1) is 12.1. The van der Waals surface area contributed by atoms with Crippen molar-refractivity contribution in [2.45, 2.75) is 84.0 Å². The van der Waals surface area contributed by atoms with Crippen molar-refractivity contribution in [3.8, 4) is 0 Å². The van der Waals surface area contributed by atoms with Gasteiger partial charge in [-0.15, -0.1) is 0 Å². The fourth-order valence-corrected chi connectivity index (χ4v) is 2.69. The van der Waals surface area contributed by atoms with Crippen LogP contribution in [-0.4, -0.2) is 0 Å². The summed E-state index contributed by atoms with van der Waals surface area (Å²) in [7, 11) is 0. The highest BCUT2D eigenvalue weighted by atomic mass is 14.2. The normalized spacial score (nSPS) is 21.2. The number of unbranched alkanes of at least 4 members (excludes halogenated alkanes) is 2. The number of hydrogen-bond donors (Lipinski definition) is 0. The Morgan fingerprint density at radius 1 is 0.786 bits per heavy atom. The van der Waals surface area contributed by atoms with E-state index in [-0.39, 0.29) is 0 Å². The Balaban J connectivity index is 2.12. The molecule has 0 N–H and O–H groups in total. The molecule has 1 fully saturated rings. The van der Waals surface area contributed by atoms with Gasteiger partial charge in [0.15, 0.2) is 0 Å². The third-order valence-corrected chi connectivity index (χ3v) is 3.69. The summed E-state index contributed by atoms with van der Waals surface area (Å²) >= 11 is 0. The van der Waals surface area contributed by atoms with Crippen molar-refractivity contribution < 1.29 is 0 Å². The van der Waals surface area contributed by atoms with E-state index in [0.29, 0.717) is 0 Å². The molecule has 84 valence electrons. The Hall–Kier alpha value is 0. The minimum absolute atomic E-state index is 1.08. The van der Waals surface area contributed by atoms with Crippen molar-refractivity contribution >= 4 is 0 Å². The average Bonchev–Trinajstić information content (AvgIpc) is 2.32. The van der Waals surface area contributed by atoms with E-state index in [4.69, 9.17) is 0 Å². The van der Waals surface area contributed by atoms with Gasteiger partial charge in [-0.3, -0.25) is 0 Å². The summed E-state index contributed by atoms with van der Waals surface area (Å²) in [6.07, 6.45) is 17.9. The van der Waals surface area contributed by atoms with Crippen molar-refractivity contribution in [1.29, 1.82) is 0 Å². The molecular formula is C14H28. The zero-order valence-corrected chi connectivity index (χ0v) is 10.1. The van der Waals surface area contributed by atoms with Crippen molar-refractivity contribution in [3.63, 3.8) is 0 Å². The van der Waals surface area contributed by atoms with Gasteiger partial charge in [0.25, 0.3) is 0 Å². The highest BCUT2D eigenvalue weighted by Crippen LogP contribution is 2.25. The van der Waals surface area contributed by atoms with Crippen molar-refractivity contribution in [2.75, 3.05) is 0 Å². The van der Waals surface area contributed by atoms with E-state index in [1.807, 2.05) is 0 Å². The van der Waals surface area contributed by atoms with E-state index in [1.165, 1.54) is 77.0 Å². The van der Waals surface area contributed by atoms with Crippen LogP contribution in [0.3, 0.4) is 0 Å². The minimum Gasteiger partial charge on any atom is -0.0654 e. The standard InChI is InChI=1S/C14H28/c1-2-3-8-11-14-12-9-6-4-5-7-10-13-14/h14H,2-13H2,1H3. The van der Waals surface area contributed by atoms with Crippen molar-refractivity contribution in [3.05, 3.63) is 0 Å². The largest absolute Gasteiger partial charge is 0.0654 e. The predicted octanol–water partition coefficient (Wildman–Crippen LogP) is 5.32. The molecule has 0 bridgehead atoms. The fraction of sp³-hybridized carbons (Fsp3) is 1.00. The first-order valence-corrected chi connectivity index (χ1v) is 6.93. The summed E-state index contributed by atoms with van der Waals surface area (Å²) in [5.41, 5.74) is 0. The highest BCUT2D eigenvalue weighted by Gasteiger charge is 2.09. The topological polar surface area (TPSA) is 0 Å². The van der Waals surface area contributed by atoms with Gasteiger partial charge < -0.3 is 0 Å². The Kier molecular flexibility index (Phi) is 7.17. The van der Waals surface area contributed by atoms with Gasteiger partial charge in [-0.25, -0.2) is 0 Å². The maximum Gasteiger partial charge on any atom is -0.0414 e. The Morgan fingerprint density at radius 3 is 1.93 bits per heavy atom. The van der Waals surface area contributed by atoms with Gasteiger partial charge in [0.2, 0.25) is 0 Å². The zero-order chi connectivity index (χ0) is 10.1. The molecule has 1 saturated carbocycles. The van der Waals surface area contributed by atoms with Crippen LogP contribution in [0.2, 0.25) is 0 Å². The summed E-state index contributed by atoms with van der Waals surface area (Å²) in [6.45, 7) is 2.31. The molecule has 1 rings (SSSR count). The molecular weight excluding hydrogens is 168 g/mol. The Bertz CT molecular complexity index is 107. The molecule has 0 nitrogen and oxygen atoms in total. The summed E-state index contributed by atoms with van der Waals surface area (Å²) in [6, 6.07) is 0. The van der Waals surface area contributed by atoms with Crippen LogP contribution in [0.5, 0.6) is 0 Å². The molecule has 0 heterocycles. The highest BCUT2D eigenvalue weighted by molar-refractivity contribution is 4.63. The van der Waals surface area contributed by atoms with E-state index >= 15 is 0 Å². The third-order valence-electron chi connectivity index (χ3n) is 3.69. The van der Waals surface area contributed by atoms with Crippen LogP contribution >= 0.6 is 0 Å². The summed E-state index contributed by atoms with van der Waals surface area (Å²) < 4.78 is 0. The molecule has 0 aromatic rings. The van der Waals surface area contributed by atoms with Gasteiger partial charge >= 0.3 is 0 Å². The lowest BCUT2D eigenvalue weighted by Crippen LogP contribution is -2.00.